The molecule has 1 aliphatic rings. The van der Waals surface area contributed by atoms with Crippen molar-refractivity contribution < 1.29 is 14.3 Å². The van der Waals surface area contributed by atoms with E-state index in [0.717, 1.165) is 12.0 Å². The molecule has 1 heterocycles. The van der Waals surface area contributed by atoms with Crippen LogP contribution in [0.2, 0.25) is 10.0 Å². The molecule has 0 bridgehead atoms. The quantitative estimate of drug-likeness (QED) is 0.902. The molecule has 4 nitrogen and oxygen atoms in total. The fourth-order valence-corrected chi connectivity index (χ4v) is 2.67. The van der Waals surface area contributed by atoms with Gasteiger partial charge in [-0.05, 0) is 31.0 Å². The molecule has 21 heavy (non-hydrogen) atoms. The summed E-state index contributed by atoms with van der Waals surface area (Å²) in [6, 6.07) is 5.21. The number of carbonyl (C=O) groups excluding carboxylic acids is 1. The second kappa shape index (κ2) is 7.99. The van der Waals surface area contributed by atoms with Crippen molar-refractivity contribution in [3.05, 3.63) is 33.8 Å². The third-order valence-corrected chi connectivity index (χ3v) is 4.12. The molecule has 1 aromatic carbocycles. The molecule has 0 unspecified atom stereocenters. The lowest BCUT2D eigenvalue weighted by Crippen LogP contribution is -2.50. The van der Waals surface area contributed by atoms with Crippen molar-refractivity contribution in [3.8, 4) is 0 Å². The highest BCUT2D eigenvalue weighted by molar-refractivity contribution is 6.42. The summed E-state index contributed by atoms with van der Waals surface area (Å²) < 4.78 is 11.0. The van der Waals surface area contributed by atoms with Crippen LogP contribution in [0.5, 0.6) is 0 Å². The van der Waals surface area contributed by atoms with Gasteiger partial charge in [0, 0.05) is 13.2 Å². The SMILES string of the molecule is CCO[C@@H]1COCC[C@H]1NC(=O)Cc1ccc(Cl)c(Cl)c1. The van der Waals surface area contributed by atoms with Gasteiger partial charge in [-0.15, -0.1) is 0 Å². The van der Waals surface area contributed by atoms with Crippen LogP contribution in [0.25, 0.3) is 0 Å². The fraction of sp³-hybridized carbons (Fsp3) is 0.533. The molecule has 116 valence electrons. The van der Waals surface area contributed by atoms with Gasteiger partial charge >= 0.3 is 0 Å². The number of ether oxygens (including phenoxy) is 2. The lowest BCUT2D eigenvalue weighted by Gasteiger charge is -2.31. The summed E-state index contributed by atoms with van der Waals surface area (Å²) in [7, 11) is 0. The van der Waals surface area contributed by atoms with Gasteiger partial charge in [0.05, 0.1) is 29.1 Å². The van der Waals surface area contributed by atoms with E-state index < -0.39 is 0 Å². The third-order valence-electron chi connectivity index (χ3n) is 3.38. The van der Waals surface area contributed by atoms with Gasteiger partial charge in [0.15, 0.2) is 0 Å². The highest BCUT2D eigenvalue weighted by Crippen LogP contribution is 2.22. The van der Waals surface area contributed by atoms with E-state index in [4.69, 9.17) is 32.7 Å². The largest absolute Gasteiger partial charge is 0.379 e. The van der Waals surface area contributed by atoms with Gasteiger partial charge in [-0.3, -0.25) is 4.79 Å². The Bertz CT molecular complexity index is 494. The van der Waals surface area contributed by atoms with Crippen LogP contribution in [0.15, 0.2) is 18.2 Å². The zero-order valence-electron chi connectivity index (χ0n) is 11.9. The molecule has 0 radical (unpaired) electrons. The molecule has 1 aromatic rings. The van der Waals surface area contributed by atoms with Crippen molar-refractivity contribution in [1.29, 1.82) is 0 Å². The minimum absolute atomic E-state index is 0.00558. The summed E-state index contributed by atoms with van der Waals surface area (Å²) in [5, 5.41) is 3.96. The average Bonchev–Trinajstić information content (AvgIpc) is 2.45. The molecule has 2 atom stereocenters. The lowest BCUT2D eigenvalue weighted by molar-refractivity contribution is -0.125. The van der Waals surface area contributed by atoms with Crippen LogP contribution in [0.3, 0.4) is 0 Å². The number of nitrogens with one attached hydrogen (secondary N) is 1. The average molecular weight is 332 g/mol. The van der Waals surface area contributed by atoms with Gasteiger partial charge in [-0.2, -0.15) is 0 Å². The molecule has 1 aliphatic heterocycles. The van der Waals surface area contributed by atoms with Crippen LogP contribution in [-0.2, 0) is 20.7 Å². The first-order chi connectivity index (χ1) is 10.1. The van der Waals surface area contributed by atoms with Gasteiger partial charge < -0.3 is 14.8 Å². The predicted octanol–water partition coefficient (Wildman–Crippen LogP) is 2.85. The molecule has 6 heteroatoms. The van der Waals surface area contributed by atoms with E-state index >= 15 is 0 Å². The van der Waals surface area contributed by atoms with Gasteiger partial charge in [0.25, 0.3) is 0 Å². The van der Waals surface area contributed by atoms with E-state index in [1.54, 1.807) is 18.2 Å². The first-order valence-corrected chi connectivity index (χ1v) is 7.78. The van der Waals surface area contributed by atoms with Crippen LogP contribution in [0.1, 0.15) is 18.9 Å². The fourth-order valence-electron chi connectivity index (χ4n) is 2.35. The first kappa shape index (κ1) is 16.6. The number of hydrogen-bond donors (Lipinski definition) is 1. The van der Waals surface area contributed by atoms with Crippen molar-refractivity contribution in [3.63, 3.8) is 0 Å². The number of hydrogen-bond acceptors (Lipinski definition) is 3. The molecule has 0 saturated carbocycles. The molecule has 1 amide bonds. The number of benzene rings is 1. The smallest absolute Gasteiger partial charge is 0.224 e. The van der Waals surface area contributed by atoms with Crippen LogP contribution >= 0.6 is 23.2 Å². The maximum absolute atomic E-state index is 12.1. The van der Waals surface area contributed by atoms with Crippen molar-refractivity contribution >= 4 is 29.1 Å². The lowest BCUT2D eigenvalue weighted by atomic mass is 10.0. The van der Waals surface area contributed by atoms with E-state index in [9.17, 15) is 4.79 Å². The van der Waals surface area contributed by atoms with Crippen LogP contribution in [0.4, 0.5) is 0 Å². The maximum Gasteiger partial charge on any atom is 0.224 e. The molecule has 1 fully saturated rings. The van der Waals surface area contributed by atoms with Crippen LogP contribution in [0, 0.1) is 0 Å². The van der Waals surface area contributed by atoms with E-state index in [0.29, 0.717) is 29.9 Å². The minimum atomic E-state index is -0.0819. The predicted molar refractivity (Wildman–Crippen MR) is 82.9 cm³/mol. The first-order valence-electron chi connectivity index (χ1n) is 7.02. The summed E-state index contributed by atoms with van der Waals surface area (Å²) in [5.74, 6) is -0.0509. The number of rotatable bonds is 5. The minimum Gasteiger partial charge on any atom is -0.379 e. The summed E-state index contributed by atoms with van der Waals surface area (Å²) >= 11 is 11.8. The van der Waals surface area contributed by atoms with Crippen molar-refractivity contribution in [1.82, 2.24) is 5.32 Å². The van der Waals surface area contributed by atoms with Crippen LogP contribution in [-0.4, -0.2) is 37.9 Å². The van der Waals surface area contributed by atoms with Gasteiger partial charge in [-0.25, -0.2) is 0 Å². The van der Waals surface area contributed by atoms with E-state index in [1.165, 1.54) is 0 Å². The molecule has 0 spiro atoms. The summed E-state index contributed by atoms with van der Waals surface area (Å²) in [6.45, 7) is 3.70. The Labute approximate surface area is 134 Å². The van der Waals surface area contributed by atoms with Gasteiger partial charge in [0.1, 0.15) is 6.10 Å². The number of halogens is 2. The van der Waals surface area contributed by atoms with Crippen LogP contribution < -0.4 is 5.32 Å². The second-order valence-corrected chi connectivity index (χ2v) is 5.77. The summed E-state index contributed by atoms with van der Waals surface area (Å²) in [5.41, 5.74) is 0.835. The third kappa shape index (κ3) is 4.85. The Balaban J connectivity index is 1.92. The summed E-state index contributed by atoms with van der Waals surface area (Å²) in [4.78, 5) is 12.1. The monoisotopic (exact) mass is 331 g/mol. The molecule has 0 aromatic heterocycles. The zero-order chi connectivity index (χ0) is 15.2. The van der Waals surface area contributed by atoms with Crippen molar-refractivity contribution in [2.24, 2.45) is 0 Å². The molecule has 1 N–H and O–H groups in total. The Kier molecular flexibility index (Phi) is 6.30. The normalized spacial score (nSPS) is 22.0. The van der Waals surface area contributed by atoms with E-state index in [2.05, 4.69) is 5.32 Å². The Hall–Kier alpha value is -0.810. The number of amides is 1. The van der Waals surface area contributed by atoms with Crippen molar-refractivity contribution in [2.75, 3.05) is 19.8 Å². The highest BCUT2D eigenvalue weighted by atomic mass is 35.5. The molecule has 1 saturated heterocycles. The zero-order valence-corrected chi connectivity index (χ0v) is 13.4. The molecule has 2 rings (SSSR count). The topological polar surface area (TPSA) is 47.6 Å². The standard InChI is InChI=1S/C15H19Cl2NO3/c1-2-21-14-9-20-6-5-13(14)18-15(19)8-10-3-4-11(16)12(17)7-10/h3-4,7,13-14H,2,5-6,8-9H2,1H3,(H,18,19)/t13-,14-/m1/s1. The Morgan fingerprint density at radius 1 is 1.43 bits per heavy atom. The van der Waals surface area contributed by atoms with Gasteiger partial charge in [-0.1, -0.05) is 29.3 Å². The van der Waals surface area contributed by atoms with Gasteiger partial charge in [0.2, 0.25) is 5.91 Å². The van der Waals surface area contributed by atoms with Crippen molar-refractivity contribution in [2.45, 2.75) is 31.9 Å². The number of carbonyl (C=O) groups is 1. The Morgan fingerprint density at radius 3 is 2.95 bits per heavy atom. The van der Waals surface area contributed by atoms with E-state index in [-0.39, 0.29) is 24.5 Å². The molecular weight excluding hydrogens is 313 g/mol. The molecular formula is C15H19Cl2NO3. The summed E-state index contributed by atoms with van der Waals surface area (Å²) in [6.07, 6.45) is 0.951. The second-order valence-electron chi connectivity index (χ2n) is 4.96. The molecule has 0 aliphatic carbocycles. The highest BCUT2D eigenvalue weighted by Gasteiger charge is 2.27. The Morgan fingerprint density at radius 2 is 2.24 bits per heavy atom. The maximum atomic E-state index is 12.1. The van der Waals surface area contributed by atoms with E-state index in [1.807, 2.05) is 6.92 Å².